The molecule has 0 radical (unpaired) electrons. The molecule has 3 heterocycles. The van der Waals surface area contributed by atoms with Gasteiger partial charge in [-0.1, -0.05) is 20.8 Å². The molecule has 0 aromatic carbocycles. The van der Waals surface area contributed by atoms with Gasteiger partial charge in [0.2, 0.25) is 0 Å². The van der Waals surface area contributed by atoms with Crippen molar-refractivity contribution in [2.75, 3.05) is 34.8 Å². The molecule has 0 amide bonds. The molecule has 0 aromatic heterocycles. The molecule has 3 rings (SSSR count). The second kappa shape index (κ2) is 19.3. The van der Waals surface area contributed by atoms with Crippen LogP contribution in [0.5, 0.6) is 0 Å². The molecule has 0 unspecified atom stereocenters. The Labute approximate surface area is 328 Å². The third-order valence-electron chi connectivity index (χ3n) is 12.2. The lowest BCUT2D eigenvalue weighted by atomic mass is 9.77. The molecule has 0 saturated carbocycles. The molecule has 3 aliphatic heterocycles. The summed E-state index contributed by atoms with van der Waals surface area (Å²) in [5, 5.41) is 58.1. The molecule has 3 saturated heterocycles. The first kappa shape index (κ1) is 48.6. The van der Waals surface area contributed by atoms with Crippen LogP contribution in [0.3, 0.4) is 0 Å². The molecule has 53 heavy (non-hydrogen) atoms. The van der Waals surface area contributed by atoms with Crippen LogP contribution in [0.1, 0.15) is 94.9 Å². The van der Waals surface area contributed by atoms with Gasteiger partial charge >= 0.3 is 5.97 Å². The van der Waals surface area contributed by atoms with Crippen LogP contribution in [-0.2, 0) is 33.2 Å². The van der Waals surface area contributed by atoms with Crippen LogP contribution < -0.4 is 17.0 Å². The first-order valence-corrected chi connectivity index (χ1v) is 19.1. The van der Waals surface area contributed by atoms with E-state index >= 15 is 0 Å². The fraction of sp³-hybridized carbons (Fsp3) is 0.974. The van der Waals surface area contributed by atoms with E-state index in [1.807, 2.05) is 51.7 Å². The predicted molar refractivity (Wildman–Crippen MR) is 194 cm³/mol. The summed E-state index contributed by atoms with van der Waals surface area (Å²) < 4.78 is 37.5. The number of carbonyl (C=O) groups excluding carboxylic acids is 1. The minimum absolute atomic E-state index is 0. The van der Waals surface area contributed by atoms with Gasteiger partial charge in [-0.05, 0) is 94.8 Å². The first-order valence-electron chi connectivity index (χ1n) is 19.1. The van der Waals surface area contributed by atoms with Crippen molar-refractivity contribution >= 4 is 5.97 Å². The Hall–Kier alpha value is -0.530. The number of nitrogens with zero attached hydrogens (tertiary/aromatic N) is 2. The predicted octanol–water partition coefficient (Wildman–Crippen LogP) is -1.10. The number of rotatable bonds is 7. The number of esters is 1. The summed E-state index contributed by atoms with van der Waals surface area (Å²) in [5.74, 6) is -2.58. The van der Waals surface area contributed by atoms with Crippen LogP contribution in [-0.4, -0.2) is 166 Å². The molecule has 0 aliphatic carbocycles. The van der Waals surface area contributed by atoms with E-state index in [9.17, 15) is 30.3 Å². The minimum atomic E-state index is -1.80. The molecule has 3 aliphatic rings. The second-order valence-corrected chi connectivity index (χ2v) is 17.2. The standard InChI is InChI=1S/C38H72N2O12.BrH/c1-15-27-38(10,46)31(42)24(6)40(13)19-20(2)17-36(8,45)33(52-35-29(41)26(39(11)12)16-21(3)48-35)22(4)30(23(5)34(44)50-27)51-28-18-37(9,47-14)32(43)25(7)49-28;/h20-33,35,41-43,45-46H,15-19H2,1-14H3;1H/p-1/t20-,21-,22+,23-,24-,25+,26+,27-,28+,29-,30+,31-,32+,33-,35+,36-,37-,38-;/m1./s1. The third kappa shape index (κ3) is 11.1. The van der Waals surface area contributed by atoms with Crippen molar-refractivity contribution in [1.82, 2.24) is 9.80 Å². The van der Waals surface area contributed by atoms with Crippen molar-refractivity contribution in [1.29, 1.82) is 0 Å². The zero-order valence-corrected chi connectivity index (χ0v) is 36.1. The molecule has 5 N–H and O–H groups in total. The maximum Gasteiger partial charge on any atom is 0.311 e. The average molecular weight is 829 g/mol. The first-order chi connectivity index (χ1) is 23.9. The van der Waals surface area contributed by atoms with Crippen LogP contribution in [0.4, 0.5) is 0 Å². The van der Waals surface area contributed by atoms with Crippen molar-refractivity contribution in [2.24, 2.45) is 17.8 Å². The van der Waals surface area contributed by atoms with E-state index in [4.69, 9.17) is 28.4 Å². The number of aliphatic hydroxyl groups excluding tert-OH is 3. The fourth-order valence-electron chi connectivity index (χ4n) is 8.74. The number of aliphatic hydroxyl groups is 5. The summed E-state index contributed by atoms with van der Waals surface area (Å²) in [5.41, 5.74) is -4.37. The van der Waals surface area contributed by atoms with Gasteiger partial charge in [0.1, 0.15) is 30.0 Å². The topological polar surface area (TPSA) is 180 Å². The fourth-order valence-corrected chi connectivity index (χ4v) is 8.74. The van der Waals surface area contributed by atoms with Crippen molar-refractivity contribution in [3.05, 3.63) is 0 Å². The van der Waals surface area contributed by atoms with Gasteiger partial charge in [-0.3, -0.25) is 4.79 Å². The molecule has 314 valence electrons. The number of halogens is 1. The summed E-state index contributed by atoms with van der Waals surface area (Å²) >= 11 is 0. The van der Waals surface area contributed by atoms with Crippen molar-refractivity contribution in [3.63, 3.8) is 0 Å². The van der Waals surface area contributed by atoms with E-state index in [1.165, 1.54) is 14.0 Å². The van der Waals surface area contributed by atoms with Gasteiger partial charge in [-0.15, -0.1) is 0 Å². The highest BCUT2D eigenvalue weighted by Crippen LogP contribution is 2.40. The Morgan fingerprint density at radius 2 is 1.55 bits per heavy atom. The SMILES string of the molecule is CC[C@H]1OC(=O)[C@H](C)[C@@H](O[C@H]2C[C@@](C)(OC)[C@@H](O)[C@H](C)O2)[C@H](C)[C@@H](O[C@@H]2O[C@H](C)C[C@H](N(C)C)[C@H]2O)[C@](C)(O)C[C@@H](C)CN(C)[C@H](C)[C@@H](O)[C@]1(C)O.[Br-]. The smallest absolute Gasteiger partial charge is 0.311 e. The number of methoxy groups -OCH3 is 1. The normalized spacial score (nSPS) is 48.7. The zero-order valence-electron chi connectivity index (χ0n) is 34.6. The maximum atomic E-state index is 14.2. The van der Waals surface area contributed by atoms with Gasteiger partial charge in [0, 0.05) is 38.1 Å². The van der Waals surface area contributed by atoms with Gasteiger partial charge in [0.05, 0.1) is 41.5 Å². The number of cyclic esters (lactones) is 1. The largest absolute Gasteiger partial charge is 1.00 e. The molecule has 0 aromatic rings. The van der Waals surface area contributed by atoms with E-state index in [1.54, 1.807) is 41.5 Å². The van der Waals surface area contributed by atoms with Crippen LogP contribution >= 0.6 is 0 Å². The Kier molecular flexibility index (Phi) is 17.7. The summed E-state index contributed by atoms with van der Waals surface area (Å²) in [6, 6.07) is -0.808. The summed E-state index contributed by atoms with van der Waals surface area (Å²) in [6.07, 6.45) is -8.19. The van der Waals surface area contributed by atoms with E-state index in [0.29, 0.717) is 13.0 Å². The summed E-state index contributed by atoms with van der Waals surface area (Å²) in [4.78, 5) is 18.0. The van der Waals surface area contributed by atoms with Crippen LogP contribution in [0.25, 0.3) is 0 Å². The van der Waals surface area contributed by atoms with Gasteiger partial charge in [-0.2, -0.15) is 0 Å². The van der Waals surface area contributed by atoms with Crippen molar-refractivity contribution in [3.8, 4) is 0 Å². The number of hydrogen-bond donors (Lipinski definition) is 5. The molecule has 0 bridgehead atoms. The van der Waals surface area contributed by atoms with E-state index in [2.05, 4.69) is 0 Å². The number of ether oxygens (including phenoxy) is 6. The Balaban J connectivity index is 0.00000972. The Morgan fingerprint density at radius 3 is 2.09 bits per heavy atom. The van der Waals surface area contributed by atoms with Gasteiger partial charge in [0.15, 0.2) is 12.6 Å². The highest BCUT2D eigenvalue weighted by molar-refractivity contribution is 5.73. The van der Waals surface area contributed by atoms with Crippen molar-refractivity contribution < 1.29 is 75.7 Å². The lowest BCUT2D eigenvalue weighted by Crippen LogP contribution is -3.00. The molecular weight excluding hydrogens is 756 g/mol. The summed E-state index contributed by atoms with van der Waals surface area (Å²) in [7, 11) is 7.12. The monoisotopic (exact) mass is 827 g/mol. The van der Waals surface area contributed by atoms with Crippen LogP contribution in [0.15, 0.2) is 0 Å². The average Bonchev–Trinajstić information content (AvgIpc) is 3.05. The number of hydrogen-bond acceptors (Lipinski definition) is 14. The third-order valence-corrected chi connectivity index (χ3v) is 12.2. The highest BCUT2D eigenvalue weighted by atomic mass is 79.9. The molecule has 15 heteroatoms. The van der Waals surface area contributed by atoms with Crippen LogP contribution in [0.2, 0.25) is 0 Å². The molecule has 14 nitrogen and oxygen atoms in total. The molecule has 18 atom stereocenters. The van der Waals surface area contributed by atoms with E-state index < -0.39 is 96.0 Å². The quantitative estimate of drug-likeness (QED) is 0.196. The van der Waals surface area contributed by atoms with Crippen molar-refractivity contribution in [2.45, 2.75) is 185 Å². The van der Waals surface area contributed by atoms with Gasteiger partial charge in [-0.25, -0.2) is 0 Å². The van der Waals surface area contributed by atoms with E-state index in [0.717, 1.165) is 0 Å². The molecular formula is C38H72BrN2O12-. The van der Waals surface area contributed by atoms with Gasteiger partial charge < -0.3 is 80.7 Å². The second-order valence-electron chi connectivity index (χ2n) is 17.2. The number of carbonyl (C=O) groups is 1. The van der Waals surface area contributed by atoms with E-state index in [-0.39, 0.29) is 54.3 Å². The lowest BCUT2D eigenvalue weighted by Gasteiger charge is -2.48. The highest BCUT2D eigenvalue weighted by Gasteiger charge is 2.52. The zero-order chi connectivity index (χ0) is 39.7. The lowest BCUT2D eigenvalue weighted by molar-refractivity contribution is -0.318. The van der Waals surface area contributed by atoms with Crippen LogP contribution in [0, 0.1) is 17.8 Å². The summed E-state index contributed by atoms with van der Waals surface area (Å²) in [6.45, 7) is 18.0. The number of likely N-dealkylation sites (N-methyl/N-ethyl adjacent to an activating group) is 2. The van der Waals surface area contributed by atoms with Gasteiger partial charge in [0.25, 0.3) is 0 Å². The molecule has 0 spiro atoms. The molecule has 3 fully saturated rings. The maximum absolute atomic E-state index is 14.2. The Bertz CT molecular complexity index is 1150. The Morgan fingerprint density at radius 1 is 0.943 bits per heavy atom. The minimum Gasteiger partial charge on any atom is -1.00 e.